The van der Waals surface area contributed by atoms with Gasteiger partial charge in [0.1, 0.15) is 5.69 Å². The van der Waals surface area contributed by atoms with Gasteiger partial charge in [-0.15, -0.1) is 6.58 Å². The van der Waals surface area contributed by atoms with Crippen molar-refractivity contribution in [2.45, 2.75) is 0 Å². The van der Waals surface area contributed by atoms with Gasteiger partial charge in [0.2, 0.25) is 0 Å². The van der Waals surface area contributed by atoms with Crippen LogP contribution in [0.3, 0.4) is 0 Å². The molecule has 0 unspecified atom stereocenters. The van der Waals surface area contributed by atoms with Gasteiger partial charge in [-0.25, -0.2) is 0 Å². The number of benzene rings is 1. The fourth-order valence-electron chi connectivity index (χ4n) is 2.03. The first-order valence-electron chi connectivity index (χ1n) is 6.79. The molecule has 5 nitrogen and oxygen atoms in total. The number of rotatable bonds is 6. The SMILES string of the molecule is C=CCOCCN(C)C(=O)c1cc2cc(Br)ccc2c(=O)[nH]1. The van der Waals surface area contributed by atoms with Crippen LogP contribution < -0.4 is 5.56 Å². The van der Waals surface area contributed by atoms with Gasteiger partial charge in [-0.1, -0.05) is 22.0 Å². The lowest BCUT2D eigenvalue weighted by molar-refractivity contribution is 0.0717. The number of aromatic amines is 1. The molecule has 0 spiro atoms. The molecule has 0 radical (unpaired) electrons. The van der Waals surface area contributed by atoms with Crippen LogP contribution in [0.1, 0.15) is 10.5 Å². The summed E-state index contributed by atoms with van der Waals surface area (Å²) in [6, 6.07) is 7.01. The second-order valence-corrected chi connectivity index (χ2v) is 5.75. The van der Waals surface area contributed by atoms with Crippen LogP contribution in [0, 0.1) is 0 Å². The Labute approximate surface area is 136 Å². The van der Waals surface area contributed by atoms with Crippen molar-refractivity contribution >= 4 is 32.6 Å². The minimum Gasteiger partial charge on any atom is -0.376 e. The number of carbonyl (C=O) groups is 1. The van der Waals surface area contributed by atoms with Crippen LogP contribution in [-0.4, -0.2) is 42.6 Å². The highest BCUT2D eigenvalue weighted by Crippen LogP contribution is 2.17. The van der Waals surface area contributed by atoms with Gasteiger partial charge >= 0.3 is 0 Å². The number of nitrogens with one attached hydrogen (secondary N) is 1. The molecule has 0 aliphatic carbocycles. The van der Waals surface area contributed by atoms with Crippen molar-refractivity contribution < 1.29 is 9.53 Å². The number of fused-ring (bicyclic) bond motifs is 1. The van der Waals surface area contributed by atoms with Crippen molar-refractivity contribution in [1.29, 1.82) is 0 Å². The molecule has 0 saturated heterocycles. The number of carbonyl (C=O) groups excluding carboxylic acids is 1. The number of hydrogen-bond acceptors (Lipinski definition) is 3. The van der Waals surface area contributed by atoms with Crippen LogP contribution in [0.2, 0.25) is 0 Å². The molecule has 0 fully saturated rings. The molecule has 6 heteroatoms. The fourth-order valence-corrected chi connectivity index (χ4v) is 2.41. The maximum atomic E-state index is 12.4. The molecule has 1 N–H and O–H groups in total. The number of pyridine rings is 1. The highest BCUT2D eigenvalue weighted by Gasteiger charge is 2.14. The number of ether oxygens (including phenoxy) is 1. The van der Waals surface area contributed by atoms with E-state index in [9.17, 15) is 9.59 Å². The minimum absolute atomic E-state index is 0.249. The average Bonchev–Trinajstić information content (AvgIpc) is 2.50. The van der Waals surface area contributed by atoms with Gasteiger partial charge in [0.25, 0.3) is 11.5 Å². The summed E-state index contributed by atoms with van der Waals surface area (Å²) in [4.78, 5) is 28.6. The summed E-state index contributed by atoms with van der Waals surface area (Å²) >= 11 is 3.36. The first kappa shape index (κ1) is 16.5. The van der Waals surface area contributed by atoms with Gasteiger partial charge in [0.15, 0.2) is 0 Å². The Hall–Kier alpha value is -1.92. The van der Waals surface area contributed by atoms with Crippen LogP contribution in [0.4, 0.5) is 0 Å². The Bertz CT molecular complexity index is 755. The van der Waals surface area contributed by atoms with Crippen molar-refractivity contribution in [2.75, 3.05) is 26.8 Å². The Morgan fingerprint density at radius 3 is 2.95 bits per heavy atom. The van der Waals surface area contributed by atoms with E-state index < -0.39 is 0 Å². The predicted molar refractivity (Wildman–Crippen MR) is 90.2 cm³/mol. The van der Waals surface area contributed by atoms with Crippen molar-refractivity contribution in [3.8, 4) is 0 Å². The fraction of sp³-hybridized carbons (Fsp3) is 0.250. The number of amides is 1. The summed E-state index contributed by atoms with van der Waals surface area (Å²) in [5, 5.41) is 1.27. The van der Waals surface area contributed by atoms with Crippen LogP contribution in [0.25, 0.3) is 10.8 Å². The molecular weight excluding hydrogens is 348 g/mol. The molecule has 0 aliphatic heterocycles. The summed E-state index contributed by atoms with van der Waals surface area (Å²) in [6.45, 7) is 4.85. The molecule has 22 heavy (non-hydrogen) atoms. The minimum atomic E-state index is -0.273. The first-order valence-corrected chi connectivity index (χ1v) is 7.59. The third-order valence-corrected chi connectivity index (χ3v) is 3.68. The van der Waals surface area contributed by atoms with Gasteiger partial charge in [0.05, 0.1) is 13.2 Å². The van der Waals surface area contributed by atoms with Crippen molar-refractivity contribution in [1.82, 2.24) is 9.88 Å². The summed E-state index contributed by atoms with van der Waals surface area (Å²) in [7, 11) is 1.67. The predicted octanol–water partition coefficient (Wildman–Crippen LogP) is 2.57. The number of likely N-dealkylation sites (N-methyl/N-ethyl adjacent to an activating group) is 1. The smallest absolute Gasteiger partial charge is 0.270 e. The normalized spacial score (nSPS) is 10.6. The number of H-pyrrole nitrogens is 1. The lowest BCUT2D eigenvalue weighted by atomic mass is 10.1. The first-order chi connectivity index (χ1) is 10.5. The summed E-state index contributed by atoms with van der Waals surface area (Å²) in [6.07, 6.45) is 1.65. The van der Waals surface area contributed by atoms with E-state index in [1.165, 1.54) is 4.90 Å². The lowest BCUT2D eigenvalue weighted by Crippen LogP contribution is -2.32. The monoisotopic (exact) mass is 364 g/mol. The standard InChI is InChI=1S/C16H17BrN2O3/c1-3-7-22-8-6-19(2)16(21)14-10-11-9-12(17)4-5-13(11)15(20)18-14/h3-5,9-10H,1,6-8H2,2H3,(H,18,20). The van der Waals surface area contributed by atoms with Gasteiger partial charge in [-0.3, -0.25) is 9.59 Å². The quantitative estimate of drug-likeness (QED) is 0.632. The number of nitrogens with zero attached hydrogens (tertiary/aromatic N) is 1. The number of halogens is 1. The lowest BCUT2D eigenvalue weighted by Gasteiger charge is -2.17. The zero-order chi connectivity index (χ0) is 16.1. The zero-order valence-corrected chi connectivity index (χ0v) is 13.9. The third-order valence-electron chi connectivity index (χ3n) is 3.19. The second-order valence-electron chi connectivity index (χ2n) is 4.83. The highest BCUT2D eigenvalue weighted by atomic mass is 79.9. The van der Waals surface area contributed by atoms with Crippen LogP contribution in [-0.2, 0) is 4.74 Å². The Balaban J connectivity index is 2.20. The summed E-state index contributed by atoms with van der Waals surface area (Å²) < 4.78 is 6.12. The number of aromatic nitrogens is 1. The van der Waals surface area contributed by atoms with E-state index in [0.29, 0.717) is 25.1 Å². The molecule has 0 bridgehead atoms. The van der Waals surface area contributed by atoms with Crippen LogP contribution >= 0.6 is 15.9 Å². The van der Waals surface area contributed by atoms with Crippen molar-refractivity contribution in [3.63, 3.8) is 0 Å². The van der Waals surface area contributed by atoms with E-state index in [1.54, 1.807) is 31.3 Å². The number of hydrogen-bond donors (Lipinski definition) is 1. The maximum Gasteiger partial charge on any atom is 0.270 e. The summed E-state index contributed by atoms with van der Waals surface area (Å²) in [5.41, 5.74) is -0.00789. The molecule has 1 heterocycles. The van der Waals surface area contributed by atoms with E-state index >= 15 is 0 Å². The largest absolute Gasteiger partial charge is 0.376 e. The highest BCUT2D eigenvalue weighted by molar-refractivity contribution is 9.10. The second kappa shape index (κ2) is 7.38. The molecule has 0 saturated carbocycles. The molecule has 1 aromatic heterocycles. The topological polar surface area (TPSA) is 62.4 Å². The van der Waals surface area contributed by atoms with E-state index in [-0.39, 0.29) is 17.2 Å². The summed E-state index contributed by atoms with van der Waals surface area (Å²) in [5.74, 6) is -0.249. The molecule has 1 aromatic carbocycles. The van der Waals surface area contributed by atoms with Gasteiger partial charge in [-0.05, 0) is 29.7 Å². The van der Waals surface area contributed by atoms with Gasteiger partial charge in [0, 0.05) is 23.5 Å². The molecule has 0 aliphatic rings. The van der Waals surface area contributed by atoms with Crippen LogP contribution in [0.5, 0.6) is 0 Å². The Morgan fingerprint density at radius 1 is 1.45 bits per heavy atom. The average molecular weight is 365 g/mol. The molecule has 2 rings (SSSR count). The zero-order valence-electron chi connectivity index (χ0n) is 12.3. The van der Waals surface area contributed by atoms with Crippen molar-refractivity contribution in [2.24, 2.45) is 0 Å². The maximum absolute atomic E-state index is 12.4. The van der Waals surface area contributed by atoms with E-state index in [2.05, 4.69) is 27.5 Å². The van der Waals surface area contributed by atoms with Gasteiger partial charge < -0.3 is 14.6 Å². The third kappa shape index (κ3) is 3.84. The molecule has 0 atom stereocenters. The van der Waals surface area contributed by atoms with E-state index in [0.717, 1.165) is 9.86 Å². The van der Waals surface area contributed by atoms with Crippen molar-refractivity contribution in [3.05, 3.63) is 57.4 Å². The van der Waals surface area contributed by atoms with Crippen LogP contribution in [0.15, 0.2) is 46.2 Å². The Kier molecular flexibility index (Phi) is 5.51. The molecular formula is C16H17BrN2O3. The Morgan fingerprint density at radius 2 is 2.23 bits per heavy atom. The van der Waals surface area contributed by atoms with Gasteiger partial charge in [-0.2, -0.15) is 0 Å². The molecule has 1 amide bonds. The molecule has 116 valence electrons. The van der Waals surface area contributed by atoms with E-state index in [4.69, 9.17) is 4.74 Å². The molecule has 2 aromatic rings. The van der Waals surface area contributed by atoms with E-state index in [1.807, 2.05) is 6.07 Å².